The molecule has 0 saturated carbocycles. The SMILES string of the molecule is O=NCc1ccc2cc(Cl)ccc2n1. The second-order valence-electron chi connectivity index (χ2n) is 2.93. The van der Waals surface area contributed by atoms with E-state index in [0.717, 1.165) is 10.9 Å². The summed E-state index contributed by atoms with van der Waals surface area (Å²) in [4.78, 5) is 14.3. The lowest BCUT2D eigenvalue weighted by Crippen LogP contribution is -1.87. The Balaban J connectivity index is 2.55. The van der Waals surface area contributed by atoms with Crippen molar-refractivity contribution in [3.8, 4) is 0 Å². The number of halogens is 1. The molecule has 0 bridgehead atoms. The fraction of sp³-hybridized carbons (Fsp3) is 0.100. The van der Waals surface area contributed by atoms with Crippen LogP contribution in [0.5, 0.6) is 0 Å². The largest absolute Gasteiger partial charge is 0.251 e. The Kier molecular flexibility index (Phi) is 2.41. The minimum Gasteiger partial charge on any atom is -0.251 e. The van der Waals surface area contributed by atoms with E-state index in [9.17, 15) is 4.91 Å². The van der Waals surface area contributed by atoms with Crippen molar-refractivity contribution in [1.29, 1.82) is 0 Å². The Bertz CT molecular complexity index is 485. The summed E-state index contributed by atoms with van der Waals surface area (Å²) in [7, 11) is 0. The summed E-state index contributed by atoms with van der Waals surface area (Å²) in [6.07, 6.45) is 0. The van der Waals surface area contributed by atoms with Crippen LogP contribution in [0, 0.1) is 4.91 Å². The maximum atomic E-state index is 10.1. The Labute approximate surface area is 85.7 Å². The summed E-state index contributed by atoms with van der Waals surface area (Å²) in [6, 6.07) is 9.10. The molecule has 0 aliphatic heterocycles. The van der Waals surface area contributed by atoms with Gasteiger partial charge < -0.3 is 0 Å². The quantitative estimate of drug-likeness (QED) is 0.709. The number of hydrogen-bond donors (Lipinski definition) is 0. The van der Waals surface area contributed by atoms with E-state index in [0.29, 0.717) is 10.7 Å². The Morgan fingerprint density at radius 3 is 2.93 bits per heavy atom. The molecule has 0 spiro atoms. The molecule has 4 heteroatoms. The number of nitroso groups, excluding NO2 is 1. The van der Waals surface area contributed by atoms with Crippen LogP contribution in [0.2, 0.25) is 5.02 Å². The predicted octanol–water partition coefficient (Wildman–Crippen LogP) is 3.15. The van der Waals surface area contributed by atoms with Gasteiger partial charge in [-0.2, -0.15) is 4.91 Å². The lowest BCUT2D eigenvalue weighted by atomic mass is 10.2. The molecular formula is C10H7ClN2O. The minimum atomic E-state index is 0.110. The maximum Gasteiger partial charge on any atom is 0.123 e. The van der Waals surface area contributed by atoms with Gasteiger partial charge in [-0.25, -0.2) is 0 Å². The first-order valence-electron chi connectivity index (χ1n) is 4.14. The number of aromatic nitrogens is 1. The highest BCUT2D eigenvalue weighted by Gasteiger charge is 1.98. The van der Waals surface area contributed by atoms with Gasteiger partial charge in [0, 0.05) is 10.4 Å². The van der Waals surface area contributed by atoms with Gasteiger partial charge in [0.05, 0.1) is 11.2 Å². The van der Waals surface area contributed by atoms with Gasteiger partial charge in [-0.3, -0.25) is 4.98 Å². The van der Waals surface area contributed by atoms with Crippen LogP contribution in [0.3, 0.4) is 0 Å². The summed E-state index contributed by atoms with van der Waals surface area (Å²) in [5.41, 5.74) is 1.50. The van der Waals surface area contributed by atoms with Gasteiger partial charge >= 0.3 is 0 Å². The molecule has 0 fully saturated rings. The van der Waals surface area contributed by atoms with Crippen molar-refractivity contribution >= 4 is 22.5 Å². The number of pyridine rings is 1. The van der Waals surface area contributed by atoms with E-state index in [2.05, 4.69) is 10.2 Å². The van der Waals surface area contributed by atoms with Crippen LogP contribution in [0.4, 0.5) is 0 Å². The van der Waals surface area contributed by atoms with Crippen LogP contribution in [0.1, 0.15) is 5.69 Å². The lowest BCUT2D eigenvalue weighted by Gasteiger charge is -1.99. The number of fused-ring (bicyclic) bond motifs is 1. The van der Waals surface area contributed by atoms with Gasteiger partial charge in [-0.1, -0.05) is 22.8 Å². The van der Waals surface area contributed by atoms with Gasteiger partial charge in [0.2, 0.25) is 0 Å². The fourth-order valence-electron chi connectivity index (χ4n) is 1.29. The highest BCUT2D eigenvalue weighted by Crippen LogP contribution is 2.18. The average Bonchev–Trinajstić information content (AvgIpc) is 2.19. The van der Waals surface area contributed by atoms with E-state index < -0.39 is 0 Å². The molecule has 0 unspecified atom stereocenters. The first kappa shape index (κ1) is 9.09. The van der Waals surface area contributed by atoms with Crippen molar-refractivity contribution in [3.63, 3.8) is 0 Å². The summed E-state index contributed by atoms with van der Waals surface area (Å²) in [6.45, 7) is 0.110. The maximum absolute atomic E-state index is 10.1. The number of rotatable bonds is 2. The molecule has 2 rings (SSSR count). The third-order valence-corrected chi connectivity index (χ3v) is 2.17. The third-order valence-electron chi connectivity index (χ3n) is 1.94. The molecule has 1 aromatic carbocycles. The monoisotopic (exact) mass is 206 g/mol. The van der Waals surface area contributed by atoms with Crippen LogP contribution in [0.15, 0.2) is 35.5 Å². The molecule has 3 nitrogen and oxygen atoms in total. The van der Waals surface area contributed by atoms with E-state index in [4.69, 9.17) is 11.6 Å². The molecule has 70 valence electrons. The van der Waals surface area contributed by atoms with Crippen LogP contribution < -0.4 is 0 Å². The van der Waals surface area contributed by atoms with Crippen LogP contribution in [0.25, 0.3) is 10.9 Å². The molecule has 0 N–H and O–H groups in total. The van der Waals surface area contributed by atoms with Crippen molar-refractivity contribution < 1.29 is 0 Å². The highest BCUT2D eigenvalue weighted by molar-refractivity contribution is 6.31. The topological polar surface area (TPSA) is 42.3 Å². The summed E-state index contributed by atoms with van der Waals surface area (Å²) >= 11 is 5.82. The number of nitrogens with zero attached hydrogens (tertiary/aromatic N) is 2. The normalized spacial score (nSPS) is 10.4. The zero-order chi connectivity index (χ0) is 9.97. The van der Waals surface area contributed by atoms with E-state index in [1.165, 1.54) is 0 Å². The standard InChI is InChI=1S/C10H7ClN2O/c11-8-2-4-10-7(5-8)1-3-9(13-10)6-12-14/h1-5H,6H2. The predicted molar refractivity (Wildman–Crippen MR) is 56.3 cm³/mol. The molecule has 1 heterocycles. The first-order valence-corrected chi connectivity index (χ1v) is 4.52. The molecule has 2 aromatic rings. The van der Waals surface area contributed by atoms with Crippen molar-refractivity contribution in [2.75, 3.05) is 0 Å². The third kappa shape index (κ3) is 1.72. The molecule has 0 radical (unpaired) electrons. The van der Waals surface area contributed by atoms with E-state index in [-0.39, 0.29) is 6.54 Å². The first-order chi connectivity index (χ1) is 6.79. The summed E-state index contributed by atoms with van der Waals surface area (Å²) in [5.74, 6) is 0. The van der Waals surface area contributed by atoms with Crippen molar-refractivity contribution in [3.05, 3.63) is 46.0 Å². The van der Waals surface area contributed by atoms with E-state index >= 15 is 0 Å². The van der Waals surface area contributed by atoms with Crippen LogP contribution in [-0.2, 0) is 6.54 Å². The van der Waals surface area contributed by atoms with E-state index in [1.807, 2.05) is 18.2 Å². The number of hydrogen-bond acceptors (Lipinski definition) is 3. The Morgan fingerprint density at radius 1 is 1.29 bits per heavy atom. The smallest absolute Gasteiger partial charge is 0.123 e. The Hall–Kier alpha value is -1.48. The van der Waals surface area contributed by atoms with Crippen LogP contribution in [-0.4, -0.2) is 4.98 Å². The molecule has 1 aromatic heterocycles. The van der Waals surface area contributed by atoms with Gasteiger partial charge in [0.15, 0.2) is 0 Å². The fourth-order valence-corrected chi connectivity index (χ4v) is 1.47. The molecular weight excluding hydrogens is 200 g/mol. The summed E-state index contributed by atoms with van der Waals surface area (Å²) < 4.78 is 0. The average molecular weight is 207 g/mol. The van der Waals surface area contributed by atoms with Crippen LogP contribution >= 0.6 is 11.6 Å². The molecule has 0 saturated heterocycles. The van der Waals surface area contributed by atoms with Gasteiger partial charge in [0.25, 0.3) is 0 Å². The second-order valence-corrected chi connectivity index (χ2v) is 3.36. The zero-order valence-corrected chi connectivity index (χ0v) is 8.03. The molecule has 0 atom stereocenters. The van der Waals surface area contributed by atoms with E-state index in [1.54, 1.807) is 12.1 Å². The highest BCUT2D eigenvalue weighted by atomic mass is 35.5. The Morgan fingerprint density at radius 2 is 2.14 bits per heavy atom. The van der Waals surface area contributed by atoms with Crippen molar-refractivity contribution in [2.24, 2.45) is 5.18 Å². The van der Waals surface area contributed by atoms with Crippen molar-refractivity contribution in [2.45, 2.75) is 6.54 Å². The minimum absolute atomic E-state index is 0.110. The zero-order valence-electron chi connectivity index (χ0n) is 7.27. The van der Waals surface area contributed by atoms with Crippen molar-refractivity contribution in [1.82, 2.24) is 4.98 Å². The summed E-state index contributed by atoms with van der Waals surface area (Å²) in [5, 5.41) is 4.44. The molecule has 0 aliphatic rings. The lowest BCUT2D eigenvalue weighted by molar-refractivity contribution is 0.996. The van der Waals surface area contributed by atoms with Gasteiger partial charge in [-0.05, 0) is 24.3 Å². The number of benzene rings is 1. The van der Waals surface area contributed by atoms with Gasteiger partial charge in [0.1, 0.15) is 6.54 Å². The van der Waals surface area contributed by atoms with Gasteiger partial charge in [-0.15, -0.1) is 0 Å². The molecule has 0 aliphatic carbocycles. The molecule has 14 heavy (non-hydrogen) atoms. The molecule has 0 amide bonds. The second kappa shape index (κ2) is 3.72.